The van der Waals surface area contributed by atoms with Gasteiger partial charge in [0.15, 0.2) is 0 Å². The Morgan fingerprint density at radius 1 is 1.19 bits per heavy atom. The molecule has 1 aliphatic carbocycles. The number of benzene rings is 1. The number of piperidine rings is 1. The topological polar surface area (TPSA) is 50.5 Å². The molecule has 3 N–H and O–H groups in total. The van der Waals surface area contributed by atoms with E-state index in [0.717, 1.165) is 24.4 Å². The van der Waals surface area contributed by atoms with Gasteiger partial charge in [0, 0.05) is 31.3 Å². The summed E-state index contributed by atoms with van der Waals surface area (Å²) in [6, 6.07) is 6.78. The van der Waals surface area contributed by atoms with Crippen LogP contribution in [-0.2, 0) is 4.74 Å². The smallest absolute Gasteiger partial charge is 0.0578 e. The van der Waals surface area contributed by atoms with Gasteiger partial charge in [-0.2, -0.15) is 0 Å². The van der Waals surface area contributed by atoms with E-state index in [9.17, 15) is 0 Å². The van der Waals surface area contributed by atoms with E-state index in [0.29, 0.717) is 17.7 Å². The number of nitrogen functional groups attached to an aromatic ring is 1. The Morgan fingerprint density at radius 2 is 1.88 bits per heavy atom. The SMILES string of the molecule is CCCO[C@H]1CC[C@@](C)(N2CCC(Nc3cc(C)ccc3N)CC2)CC1. The van der Waals surface area contributed by atoms with Crippen LogP contribution in [0.1, 0.15) is 64.4 Å². The average molecular weight is 360 g/mol. The van der Waals surface area contributed by atoms with Gasteiger partial charge in [0.1, 0.15) is 0 Å². The first kappa shape index (κ1) is 19.5. The largest absolute Gasteiger partial charge is 0.397 e. The van der Waals surface area contributed by atoms with E-state index in [4.69, 9.17) is 10.5 Å². The van der Waals surface area contributed by atoms with Gasteiger partial charge in [0.05, 0.1) is 17.5 Å². The summed E-state index contributed by atoms with van der Waals surface area (Å²) in [6.07, 6.45) is 8.97. The van der Waals surface area contributed by atoms with Crippen molar-refractivity contribution in [3.63, 3.8) is 0 Å². The van der Waals surface area contributed by atoms with Crippen molar-refractivity contribution in [1.82, 2.24) is 4.90 Å². The third-order valence-electron chi connectivity index (χ3n) is 6.39. The van der Waals surface area contributed by atoms with Crippen LogP contribution in [0, 0.1) is 6.92 Å². The molecule has 1 aromatic rings. The second-order valence-corrected chi connectivity index (χ2v) is 8.56. The summed E-state index contributed by atoms with van der Waals surface area (Å²) in [5.41, 5.74) is 9.71. The summed E-state index contributed by atoms with van der Waals surface area (Å²) in [7, 11) is 0. The molecular weight excluding hydrogens is 322 g/mol. The van der Waals surface area contributed by atoms with Gasteiger partial charge in [-0.15, -0.1) is 0 Å². The average Bonchev–Trinajstić information content (AvgIpc) is 2.65. The van der Waals surface area contributed by atoms with Crippen molar-refractivity contribution in [2.75, 3.05) is 30.7 Å². The van der Waals surface area contributed by atoms with Crippen LogP contribution in [0.4, 0.5) is 11.4 Å². The number of rotatable bonds is 6. The molecule has 0 amide bonds. The number of nitrogens with zero attached hydrogens (tertiary/aromatic N) is 1. The van der Waals surface area contributed by atoms with Gasteiger partial charge in [0.2, 0.25) is 0 Å². The first-order valence-corrected chi connectivity index (χ1v) is 10.5. The molecule has 4 heteroatoms. The monoisotopic (exact) mass is 359 g/mol. The van der Waals surface area contributed by atoms with Crippen LogP contribution in [-0.4, -0.2) is 42.3 Å². The minimum absolute atomic E-state index is 0.361. The van der Waals surface area contributed by atoms with Crippen molar-refractivity contribution in [1.29, 1.82) is 0 Å². The number of ether oxygens (including phenoxy) is 1. The predicted molar refractivity (Wildman–Crippen MR) is 111 cm³/mol. The molecule has 1 saturated heterocycles. The van der Waals surface area contributed by atoms with E-state index in [1.807, 2.05) is 6.07 Å². The standard InChI is InChI=1S/C22H37N3O/c1-4-15-26-19-7-11-22(3,12-8-19)25-13-9-18(10-14-25)24-21-16-17(2)5-6-20(21)23/h5-6,16,18-19,24H,4,7-15,23H2,1-3H3/t19-,22+. The summed E-state index contributed by atoms with van der Waals surface area (Å²) in [4.78, 5) is 2.74. The zero-order valence-corrected chi connectivity index (χ0v) is 16.9. The van der Waals surface area contributed by atoms with Gasteiger partial charge in [-0.1, -0.05) is 13.0 Å². The Morgan fingerprint density at radius 3 is 2.54 bits per heavy atom. The molecule has 0 aromatic heterocycles. The molecule has 1 heterocycles. The lowest BCUT2D eigenvalue weighted by molar-refractivity contribution is -0.0277. The summed E-state index contributed by atoms with van der Waals surface area (Å²) in [5.74, 6) is 0. The molecule has 3 rings (SSSR count). The van der Waals surface area contributed by atoms with Gasteiger partial charge in [0.25, 0.3) is 0 Å². The first-order valence-electron chi connectivity index (χ1n) is 10.5. The van der Waals surface area contributed by atoms with Crippen molar-refractivity contribution in [2.24, 2.45) is 0 Å². The molecule has 0 bridgehead atoms. The lowest BCUT2D eigenvalue weighted by atomic mass is 9.79. The molecular formula is C22H37N3O. The number of hydrogen-bond donors (Lipinski definition) is 2. The van der Waals surface area contributed by atoms with Crippen LogP contribution in [0.3, 0.4) is 0 Å². The Hall–Kier alpha value is -1.26. The van der Waals surface area contributed by atoms with Crippen molar-refractivity contribution in [3.05, 3.63) is 23.8 Å². The predicted octanol–water partition coefficient (Wildman–Crippen LogP) is 4.58. The number of hydrogen-bond acceptors (Lipinski definition) is 4. The molecule has 1 aliphatic heterocycles. The molecule has 0 radical (unpaired) electrons. The number of anilines is 2. The molecule has 2 aliphatic rings. The van der Waals surface area contributed by atoms with Gasteiger partial charge in [-0.25, -0.2) is 0 Å². The summed E-state index contributed by atoms with van der Waals surface area (Å²) in [5, 5.41) is 3.68. The summed E-state index contributed by atoms with van der Waals surface area (Å²) >= 11 is 0. The fourth-order valence-electron chi connectivity index (χ4n) is 4.56. The van der Waals surface area contributed by atoms with Crippen molar-refractivity contribution >= 4 is 11.4 Å². The van der Waals surface area contributed by atoms with E-state index < -0.39 is 0 Å². The van der Waals surface area contributed by atoms with Crippen molar-refractivity contribution in [2.45, 2.75) is 83.4 Å². The van der Waals surface area contributed by atoms with Gasteiger partial charge in [-0.3, -0.25) is 4.90 Å². The number of aryl methyl sites for hydroxylation is 1. The fraction of sp³-hybridized carbons (Fsp3) is 0.727. The molecule has 1 saturated carbocycles. The molecule has 0 unspecified atom stereocenters. The highest BCUT2D eigenvalue weighted by Gasteiger charge is 2.38. The number of likely N-dealkylation sites (tertiary alicyclic amines) is 1. The number of nitrogens with two attached hydrogens (primary N) is 1. The third-order valence-corrected chi connectivity index (χ3v) is 6.39. The molecule has 146 valence electrons. The maximum absolute atomic E-state index is 6.13. The van der Waals surface area contributed by atoms with E-state index >= 15 is 0 Å². The molecule has 1 aromatic carbocycles. The zero-order valence-electron chi connectivity index (χ0n) is 16.9. The molecule has 4 nitrogen and oxygen atoms in total. The molecule has 26 heavy (non-hydrogen) atoms. The highest BCUT2D eigenvalue weighted by molar-refractivity contribution is 5.67. The van der Waals surface area contributed by atoms with Crippen molar-refractivity contribution < 1.29 is 4.74 Å². The van der Waals surface area contributed by atoms with Crippen LogP contribution in [0.2, 0.25) is 0 Å². The quantitative estimate of drug-likeness (QED) is 0.730. The zero-order chi connectivity index (χ0) is 18.6. The van der Waals surface area contributed by atoms with E-state index in [1.165, 1.54) is 57.2 Å². The van der Waals surface area contributed by atoms with Crippen LogP contribution < -0.4 is 11.1 Å². The minimum atomic E-state index is 0.361. The third kappa shape index (κ3) is 4.72. The van der Waals surface area contributed by atoms with Crippen LogP contribution >= 0.6 is 0 Å². The summed E-state index contributed by atoms with van der Waals surface area (Å²) in [6.45, 7) is 10.1. The van der Waals surface area contributed by atoms with Gasteiger partial charge in [-0.05, 0) is 76.5 Å². The maximum atomic E-state index is 6.13. The van der Waals surface area contributed by atoms with Crippen molar-refractivity contribution in [3.8, 4) is 0 Å². The van der Waals surface area contributed by atoms with E-state index in [1.54, 1.807) is 0 Å². The lowest BCUT2D eigenvalue weighted by Crippen LogP contribution is -2.53. The van der Waals surface area contributed by atoms with Gasteiger partial charge < -0.3 is 15.8 Å². The normalized spacial score (nSPS) is 28.2. The van der Waals surface area contributed by atoms with E-state index in [-0.39, 0.29) is 0 Å². The maximum Gasteiger partial charge on any atom is 0.0578 e. The number of nitrogens with one attached hydrogen (secondary N) is 1. The molecule has 0 atom stereocenters. The second kappa shape index (κ2) is 8.62. The second-order valence-electron chi connectivity index (χ2n) is 8.56. The molecule has 2 fully saturated rings. The van der Waals surface area contributed by atoms with Crippen LogP contribution in [0.25, 0.3) is 0 Å². The fourth-order valence-corrected chi connectivity index (χ4v) is 4.56. The Labute approximate surface area is 159 Å². The van der Waals surface area contributed by atoms with Crippen LogP contribution in [0.15, 0.2) is 18.2 Å². The molecule has 0 spiro atoms. The van der Waals surface area contributed by atoms with Crippen LogP contribution in [0.5, 0.6) is 0 Å². The Balaban J connectivity index is 1.48. The first-order chi connectivity index (χ1) is 12.5. The highest BCUT2D eigenvalue weighted by Crippen LogP contribution is 2.36. The summed E-state index contributed by atoms with van der Waals surface area (Å²) < 4.78 is 5.98. The minimum Gasteiger partial charge on any atom is -0.397 e. The lowest BCUT2D eigenvalue weighted by Gasteiger charge is -2.48. The highest BCUT2D eigenvalue weighted by atomic mass is 16.5. The Bertz CT molecular complexity index is 573. The van der Waals surface area contributed by atoms with Gasteiger partial charge >= 0.3 is 0 Å². The van der Waals surface area contributed by atoms with E-state index in [2.05, 4.69) is 43.1 Å². The Kier molecular flexibility index (Phi) is 6.46.